The molecule has 0 aromatic carbocycles. The van der Waals surface area contributed by atoms with E-state index in [1.165, 1.54) is 6.26 Å². The highest BCUT2D eigenvalue weighted by molar-refractivity contribution is 6.00. The lowest BCUT2D eigenvalue weighted by atomic mass is 10.0. The number of carbonyl (C=O) groups is 2. The summed E-state index contributed by atoms with van der Waals surface area (Å²) >= 11 is 0. The minimum absolute atomic E-state index is 0.171. The predicted octanol–water partition coefficient (Wildman–Crippen LogP) is 2.62. The largest absolute Gasteiger partial charge is 0.459 e. The van der Waals surface area contributed by atoms with Crippen molar-refractivity contribution in [2.24, 2.45) is 0 Å². The van der Waals surface area contributed by atoms with Gasteiger partial charge in [0.05, 0.1) is 6.26 Å². The van der Waals surface area contributed by atoms with Crippen LogP contribution in [0.4, 0.5) is 5.69 Å². The van der Waals surface area contributed by atoms with E-state index in [1.54, 1.807) is 35.4 Å². The van der Waals surface area contributed by atoms with Gasteiger partial charge >= 0.3 is 0 Å². The molecule has 1 N–H and O–H groups in total. The SMILES string of the molecule is Cc1cc(NC(=O)[C@H]2CCCCN2C(=O)c2ccco2)ccn1. The maximum Gasteiger partial charge on any atom is 0.290 e. The van der Waals surface area contributed by atoms with E-state index in [9.17, 15) is 9.59 Å². The molecule has 0 radical (unpaired) electrons. The van der Waals surface area contributed by atoms with E-state index in [0.29, 0.717) is 18.7 Å². The first-order valence-electron chi connectivity index (χ1n) is 7.73. The van der Waals surface area contributed by atoms with Gasteiger partial charge in [-0.15, -0.1) is 0 Å². The Bertz CT molecular complexity index is 697. The zero-order valence-electron chi connectivity index (χ0n) is 13.0. The number of nitrogens with zero attached hydrogens (tertiary/aromatic N) is 2. The molecule has 0 saturated carbocycles. The highest BCUT2D eigenvalue weighted by Crippen LogP contribution is 2.21. The second-order valence-electron chi connectivity index (χ2n) is 5.66. The summed E-state index contributed by atoms with van der Waals surface area (Å²) < 4.78 is 5.18. The first-order chi connectivity index (χ1) is 11.1. The number of likely N-dealkylation sites (tertiary alicyclic amines) is 1. The van der Waals surface area contributed by atoms with Crippen molar-refractivity contribution in [2.45, 2.75) is 32.2 Å². The molecule has 1 aliphatic heterocycles. The fourth-order valence-electron chi connectivity index (χ4n) is 2.84. The van der Waals surface area contributed by atoms with Gasteiger partial charge in [0.25, 0.3) is 5.91 Å². The highest BCUT2D eigenvalue weighted by Gasteiger charge is 2.33. The number of amides is 2. The second-order valence-corrected chi connectivity index (χ2v) is 5.66. The maximum absolute atomic E-state index is 12.6. The normalized spacial score (nSPS) is 17.8. The summed E-state index contributed by atoms with van der Waals surface area (Å²) in [5.74, 6) is -0.138. The maximum atomic E-state index is 12.6. The van der Waals surface area contributed by atoms with Crippen molar-refractivity contribution in [3.8, 4) is 0 Å². The van der Waals surface area contributed by atoms with E-state index in [4.69, 9.17) is 4.42 Å². The van der Waals surface area contributed by atoms with Crippen LogP contribution >= 0.6 is 0 Å². The van der Waals surface area contributed by atoms with Crippen LogP contribution in [0.5, 0.6) is 0 Å². The molecule has 2 aromatic heterocycles. The van der Waals surface area contributed by atoms with Crippen LogP contribution in [0.2, 0.25) is 0 Å². The van der Waals surface area contributed by atoms with E-state index < -0.39 is 6.04 Å². The van der Waals surface area contributed by atoms with Gasteiger partial charge in [0.1, 0.15) is 6.04 Å². The quantitative estimate of drug-likeness (QED) is 0.945. The van der Waals surface area contributed by atoms with E-state index in [1.807, 2.05) is 6.92 Å². The lowest BCUT2D eigenvalue weighted by Gasteiger charge is -2.34. The van der Waals surface area contributed by atoms with Gasteiger partial charge in [-0.05, 0) is 50.5 Å². The van der Waals surface area contributed by atoms with Crippen molar-refractivity contribution in [2.75, 3.05) is 11.9 Å². The molecule has 2 amide bonds. The predicted molar refractivity (Wildman–Crippen MR) is 85.0 cm³/mol. The molecule has 1 saturated heterocycles. The van der Waals surface area contributed by atoms with Crippen molar-refractivity contribution >= 4 is 17.5 Å². The number of piperidine rings is 1. The van der Waals surface area contributed by atoms with Crippen LogP contribution in [0.3, 0.4) is 0 Å². The molecule has 0 aliphatic carbocycles. The summed E-state index contributed by atoms with van der Waals surface area (Å²) in [5, 5.41) is 2.88. The molecule has 1 atom stereocenters. The Morgan fingerprint density at radius 3 is 2.96 bits per heavy atom. The van der Waals surface area contributed by atoms with Gasteiger partial charge < -0.3 is 14.6 Å². The molecule has 2 aromatic rings. The number of aryl methyl sites for hydroxylation is 1. The van der Waals surface area contributed by atoms with E-state index in [-0.39, 0.29) is 17.6 Å². The molecule has 6 nitrogen and oxygen atoms in total. The third kappa shape index (κ3) is 3.41. The molecule has 3 heterocycles. The summed E-state index contributed by atoms with van der Waals surface area (Å²) in [6, 6.07) is 6.37. The number of hydrogen-bond acceptors (Lipinski definition) is 4. The summed E-state index contributed by atoms with van der Waals surface area (Å²) in [6.07, 6.45) is 5.59. The number of carbonyl (C=O) groups excluding carboxylic acids is 2. The number of rotatable bonds is 3. The molecule has 1 fully saturated rings. The molecular weight excluding hydrogens is 294 g/mol. The third-order valence-electron chi connectivity index (χ3n) is 3.96. The fraction of sp³-hybridized carbons (Fsp3) is 0.353. The molecule has 0 unspecified atom stereocenters. The van der Waals surface area contributed by atoms with Crippen molar-refractivity contribution in [1.29, 1.82) is 0 Å². The fourth-order valence-corrected chi connectivity index (χ4v) is 2.84. The number of furan rings is 1. The molecule has 0 spiro atoms. The number of nitrogens with one attached hydrogen (secondary N) is 1. The second kappa shape index (κ2) is 6.64. The summed E-state index contributed by atoms with van der Waals surface area (Å²) in [5.41, 5.74) is 1.52. The van der Waals surface area contributed by atoms with E-state index in [0.717, 1.165) is 18.5 Å². The smallest absolute Gasteiger partial charge is 0.290 e. The minimum atomic E-state index is -0.477. The van der Waals surface area contributed by atoms with Crippen LogP contribution in [0.15, 0.2) is 41.1 Å². The van der Waals surface area contributed by atoms with Crippen molar-refractivity contribution < 1.29 is 14.0 Å². The molecular formula is C17H19N3O3. The van der Waals surface area contributed by atoms with Gasteiger partial charge in [0, 0.05) is 24.1 Å². The monoisotopic (exact) mass is 313 g/mol. The Morgan fingerprint density at radius 2 is 2.22 bits per heavy atom. The molecule has 0 bridgehead atoms. The van der Waals surface area contributed by atoms with Crippen LogP contribution in [0, 0.1) is 6.92 Å². The molecule has 6 heteroatoms. The number of anilines is 1. The summed E-state index contributed by atoms with van der Waals surface area (Å²) in [4.78, 5) is 30.8. The van der Waals surface area contributed by atoms with Crippen molar-refractivity contribution in [1.82, 2.24) is 9.88 Å². The standard InChI is InChI=1S/C17H19N3O3/c1-12-11-13(7-8-18-12)19-16(21)14-5-2-3-9-20(14)17(22)15-6-4-10-23-15/h4,6-8,10-11,14H,2-3,5,9H2,1H3,(H,18,19,21)/t14-/m1/s1. The number of hydrogen-bond donors (Lipinski definition) is 1. The molecule has 1 aliphatic rings. The van der Waals surface area contributed by atoms with E-state index in [2.05, 4.69) is 10.3 Å². The van der Waals surface area contributed by atoms with E-state index >= 15 is 0 Å². The lowest BCUT2D eigenvalue weighted by Crippen LogP contribution is -2.49. The Morgan fingerprint density at radius 1 is 1.35 bits per heavy atom. The Labute approximate surface area is 134 Å². The van der Waals surface area contributed by atoms with Gasteiger partial charge in [0.2, 0.25) is 5.91 Å². The number of aromatic nitrogens is 1. The molecule has 120 valence electrons. The van der Waals surface area contributed by atoms with Crippen LogP contribution in [0.25, 0.3) is 0 Å². The third-order valence-corrected chi connectivity index (χ3v) is 3.96. The Balaban J connectivity index is 1.75. The molecule has 23 heavy (non-hydrogen) atoms. The van der Waals surface area contributed by atoms with Gasteiger partial charge in [-0.1, -0.05) is 0 Å². The average molecular weight is 313 g/mol. The van der Waals surface area contributed by atoms with Crippen LogP contribution in [-0.2, 0) is 4.79 Å². The zero-order chi connectivity index (χ0) is 16.2. The van der Waals surface area contributed by atoms with Crippen LogP contribution in [0.1, 0.15) is 35.5 Å². The Hall–Kier alpha value is -2.63. The van der Waals surface area contributed by atoms with Crippen LogP contribution < -0.4 is 5.32 Å². The minimum Gasteiger partial charge on any atom is -0.459 e. The highest BCUT2D eigenvalue weighted by atomic mass is 16.3. The number of pyridine rings is 1. The Kier molecular flexibility index (Phi) is 4.41. The first kappa shape index (κ1) is 15.3. The summed E-state index contributed by atoms with van der Waals surface area (Å²) in [6.45, 7) is 2.43. The summed E-state index contributed by atoms with van der Waals surface area (Å²) in [7, 11) is 0. The average Bonchev–Trinajstić information content (AvgIpc) is 3.08. The van der Waals surface area contributed by atoms with Gasteiger partial charge in [-0.3, -0.25) is 14.6 Å². The van der Waals surface area contributed by atoms with Crippen molar-refractivity contribution in [3.05, 3.63) is 48.2 Å². The lowest BCUT2D eigenvalue weighted by molar-refractivity contribution is -0.121. The van der Waals surface area contributed by atoms with Gasteiger partial charge in [-0.25, -0.2) is 0 Å². The van der Waals surface area contributed by atoms with Crippen molar-refractivity contribution in [3.63, 3.8) is 0 Å². The van der Waals surface area contributed by atoms with Gasteiger partial charge in [0.15, 0.2) is 5.76 Å². The molecule has 3 rings (SSSR count). The van der Waals surface area contributed by atoms with Crippen LogP contribution in [-0.4, -0.2) is 34.3 Å². The first-order valence-corrected chi connectivity index (χ1v) is 7.73. The topological polar surface area (TPSA) is 75.4 Å². The van der Waals surface area contributed by atoms with Gasteiger partial charge in [-0.2, -0.15) is 0 Å². The zero-order valence-corrected chi connectivity index (χ0v) is 13.0.